The number of nitrogens with zero attached hydrogens (tertiary/aromatic N) is 6. The summed E-state index contributed by atoms with van der Waals surface area (Å²) in [4.78, 5) is 24.0. The number of hydrogen-bond acceptors (Lipinski definition) is 6. The second kappa shape index (κ2) is 7.36. The molecule has 5 heterocycles. The van der Waals surface area contributed by atoms with E-state index in [1.165, 1.54) is 5.56 Å². The predicted molar refractivity (Wildman–Crippen MR) is 108 cm³/mol. The van der Waals surface area contributed by atoms with Crippen molar-refractivity contribution in [1.29, 1.82) is 0 Å². The van der Waals surface area contributed by atoms with Gasteiger partial charge in [0.05, 0.1) is 0 Å². The molecule has 0 saturated heterocycles. The lowest BCUT2D eigenvalue weighted by atomic mass is 10.0. The Bertz CT molecular complexity index is 1070. The van der Waals surface area contributed by atoms with Gasteiger partial charge in [0.1, 0.15) is 23.0 Å². The first kappa shape index (κ1) is 17.9. The summed E-state index contributed by atoms with van der Waals surface area (Å²) in [5.74, 6) is 1.99. The van der Waals surface area contributed by atoms with Gasteiger partial charge in [0, 0.05) is 32.3 Å². The Kier molecular flexibility index (Phi) is 4.55. The van der Waals surface area contributed by atoms with Crippen LogP contribution < -0.4 is 5.32 Å². The largest absolute Gasteiger partial charge is 0.310 e. The first-order valence-electron chi connectivity index (χ1n) is 10.0. The molecule has 0 atom stereocenters. The van der Waals surface area contributed by atoms with E-state index in [1.807, 2.05) is 24.4 Å². The Balaban J connectivity index is 1.37. The summed E-state index contributed by atoms with van der Waals surface area (Å²) in [6.07, 6.45) is 6.00. The van der Waals surface area contributed by atoms with E-state index in [2.05, 4.69) is 42.0 Å². The number of nitrogens with one attached hydrogen (secondary N) is 1. The average Bonchev–Trinajstić information content (AvgIpc) is 3.17. The summed E-state index contributed by atoms with van der Waals surface area (Å²) >= 11 is 0. The zero-order valence-corrected chi connectivity index (χ0v) is 16.4. The van der Waals surface area contributed by atoms with Gasteiger partial charge in [0.2, 0.25) is 0 Å². The molecule has 8 heteroatoms. The summed E-state index contributed by atoms with van der Waals surface area (Å²) < 4.78 is 2.12. The van der Waals surface area contributed by atoms with E-state index in [4.69, 9.17) is 0 Å². The van der Waals surface area contributed by atoms with Crippen LogP contribution in [0, 0.1) is 0 Å². The molecule has 1 amide bonds. The van der Waals surface area contributed by atoms with Crippen molar-refractivity contribution in [2.75, 3.05) is 18.9 Å². The van der Waals surface area contributed by atoms with E-state index in [0.717, 1.165) is 62.5 Å². The van der Waals surface area contributed by atoms with Gasteiger partial charge in [-0.1, -0.05) is 6.07 Å². The number of likely N-dealkylation sites (N-methyl/N-ethyl adjacent to an activating group) is 1. The van der Waals surface area contributed by atoms with Gasteiger partial charge in [-0.15, -0.1) is 10.2 Å². The molecule has 3 aromatic rings. The molecule has 5 rings (SSSR count). The first-order chi connectivity index (χ1) is 14.2. The molecule has 0 bridgehead atoms. The molecule has 0 aliphatic carbocycles. The van der Waals surface area contributed by atoms with E-state index in [0.29, 0.717) is 17.2 Å². The third kappa shape index (κ3) is 3.51. The summed E-state index contributed by atoms with van der Waals surface area (Å²) in [5.41, 5.74) is 3.50. The van der Waals surface area contributed by atoms with Crippen LogP contribution >= 0.6 is 0 Å². The Labute approximate surface area is 169 Å². The SMILES string of the molecule is CN1CCc2cnc(C(=O)Nc3cccc(-c4nnc5n4CCCC5)n3)cc2C1. The number of aryl methyl sites for hydroxylation is 1. The molecular weight excluding hydrogens is 366 g/mol. The van der Waals surface area contributed by atoms with Crippen molar-refractivity contribution < 1.29 is 4.79 Å². The molecule has 0 spiro atoms. The zero-order chi connectivity index (χ0) is 19.8. The van der Waals surface area contributed by atoms with Gasteiger partial charge < -0.3 is 14.8 Å². The zero-order valence-electron chi connectivity index (χ0n) is 16.4. The fourth-order valence-electron chi connectivity index (χ4n) is 4.01. The van der Waals surface area contributed by atoms with Gasteiger partial charge in [-0.25, -0.2) is 4.98 Å². The van der Waals surface area contributed by atoms with Crippen LogP contribution in [-0.4, -0.2) is 49.1 Å². The van der Waals surface area contributed by atoms with Crippen LogP contribution in [0.25, 0.3) is 11.5 Å². The van der Waals surface area contributed by atoms with Crippen LogP contribution in [0.4, 0.5) is 5.82 Å². The molecule has 2 aliphatic heterocycles. The molecular formula is C21H23N7O. The maximum atomic E-state index is 12.8. The molecule has 3 aromatic heterocycles. The molecule has 148 valence electrons. The number of carbonyl (C=O) groups excluding carboxylic acids is 1. The molecule has 0 fully saturated rings. The lowest BCUT2D eigenvalue weighted by Gasteiger charge is -2.24. The number of carbonyl (C=O) groups is 1. The highest BCUT2D eigenvalue weighted by Crippen LogP contribution is 2.23. The number of fused-ring (bicyclic) bond motifs is 2. The molecule has 0 aromatic carbocycles. The highest BCUT2D eigenvalue weighted by molar-refractivity contribution is 6.02. The summed E-state index contributed by atoms with van der Waals surface area (Å²) in [6.45, 7) is 2.76. The van der Waals surface area contributed by atoms with E-state index in [-0.39, 0.29) is 5.91 Å². The molecule has 1 N–H and O–H groups in total. The van der Waals surface area contributed by atoms with Gasteiger partial charge >= 0.3 is 0 Å². The van der Waals surface area contributed by atoms with Gasteiger partial charge in [-0.3, -0.25) is 9.78 Å². The maximum Gasteiger partial charge on any atom is 0.275 e. The monoisotopic (exact) mass is 389 g/mol. The van der Waals surface area contributed by atoms with Gasteiger partial charge in [0.15, 0.2) is 5.82 Å². The summed E-state index contributed by atoms with van der Waals surface area (Å²) in [5, 5.41) is 11.5. The smallest absolute Gasteiger partial charge is 0.275 e. The summed E-state index contributed by atoms with van der Waals surface area (Å²) in [6, 6.07) is 7.44. The molecule has 0 saturated carbocycles. The van der Waals surface area contributed by atoms with Gasteiger partial charge in [-0.2, -0.15) is 0 Å². The lowest BCUT2D eigenvalue weighted by Crippen LogP contribution is -2.27. The van der Waals surface area contributed by atoms with Crippen LogP contribution in [0.5, 0.6) is 0 Å². The third-order valence-electron chi connectivity index (χ3n) is 5.60. The number of aromatic nitrogens is 5. The van der Waals surface area contributed by atoms with E-state index < -0.39 is 0 Å². The number of anilines is 1. The summed E-state index contributed by atoms with van der Waals surface area (Å²) in [7, 11) is 2.09. The first-order valence-corrected chi connectivity index (χ1v) is 10.0. The predicted octanol–water partition coefficient (Wildman–Crippen LogP) is 2.31. The topological polar surface area (TPSA) is 88.8 Å². The number of rotatable bonds is 3. The second-order valence-electron chi connectivity index (χ2n) is 7.74. The second-order valence-corrected chi connectivity index (χ2v) is 7.74. The van der Waals surface area contributed by atoms with Crippen LogP contribution in [0.2, 0.25) is 0 Å². The standard InChI is InChI=1S/C21H23N7O/c1-27-10-8-14-12-22-17(11-15(14)13-27)21(29)24-18-6-4-5-16(23-18)20-26-25-19-7-2-3-9-28(19)20/h4-6,11-12H,2-3,7-10,13H2,1H3,(H,23,24,29). The fraction of sp³-hybridized carbons (Fsp3) is 0.381. The van der Waals surface area contributed by atoms with Crippen LogP contribution in [-0.2, 0) is 25.9 Å². The van der Waals surface area contributed by atoms with Gasteiger partial charge in [0.25, 0.3) is 5.91 Å². The fourth-order valence-corrected chi connectivity index (χ4v) is 4.01. The highest BCUT2D eigenvalue weighted by Gasteiger charge is 2.19. The molecule has 2 aliphatic rings. The number of amides is 1. The van der Waals surface area contributed by atoms with E-state index in [1.54, 1.807) is 6.07 Å². The molecule has 0 radical (unpaired) electrons. The minimum Gasteiger partial charge on any atom is -0.310 e. The quantitative estimate of drug-likeness (QED) is 0.739. The Morgan fingerprint density at radius 2 is 2.03 bits per heavy atom. The molecule has 8 nitrogen and oxygen atoms in total. The maximum absolute atomic E-state index is 12.8. The third-order valence-corrected chi connectivity index (χ3v) is 5.60. The van der Waals surface area contributed by atoms with Crippen molar-refractivity contribution in [3.8, 4) is 11.5 Å². The Morgan fingerprint density at radius 1 is 1.10 bits per heavy atom. The van der Waals surface area contributed by atoms with Gasteiger partial charge in [-0.05, 0) is 55.6 Å². The Hall–Kier alpha value is -3.13. The lowest BCUT2D eigenvalue weighted by molar-refractivity contribution is 0.102. The van der Waals surface area contributed by atoms with Crippen LogP contribution in [0.3, 0.4) is 0 Å². The van der Waals surface area contributed by atoms with E-state index >= 15 is 0 Å². The van der Waals surface area contributed by atoms with Crippen molar-refractivity contribution in [1.82, 2.24) is 29.6 Å². The van der Waals surface area contributed by atoms with E-state index in [9.17, 15) is 4.79 Å². The van der Waals surface area contributed by atoms with Crippen LogP contribution in [0.1, 0.15) is 40.3 Å². The van der Waals surface area contributed by atoms with Crippen molar-refractivity contribution in [3.63, 3.8) is 0 Å². The highest BCUT2D eigenvalue weighted by atomic mass is 16.1. The Morgan fingerprint density at radius 3 is 2.97 bits per heavy atom. The van der Waals surface area contributed by atoms with Crippen molar-refractivity contribution in [2.24, 2.45) is 0 Å². The van der Waals surface area contributed by atoms with Crippen molar-refractivity contribution in [2.45, 2.75) is 38.8 Å². The van der Waals surface area contributed by atoms with Crippen molar-refractivity contribution in [3.05, 3.63) is 53.1 Å². The minimum absolute atomic E-state index is 0.256. The number of hydrogen-bond donors (Lipinski definition) is 1. The number of pyridine rings is 2. The molecule has 0 unspecified atom stereocenters. The molecule has 29 heavy (non-hydrogen) atoms. The minimum atomic E-state index is -0.256. The average molecular weight is 389 g/mol. The normalized spacial score (nSPS) is 16.2. The van der Waals surface area contributed by atoms with Crippen molar-refractivity contribution >= 4 is 11.7 Å². The van der Waals surface area contributed by atoms with Crippen LogP contribution in [0.15, 0.2) is 30.5 Å².